The Hall–Kier alpha value is -2.83. The van der Waals surface area contributed by atoms with Crippen molar-refractivity contribution in [3.63, 3.8) is 0 Å². The normalized spacial score (nSPS) is 16.7. The summed E-state index contributed by atoms with van der Waals surface area (Å²) in [7, 11) is -3.95. The molecule has 0 saturated carbocycles. The van der Waals surface area contributed by atoms with E-state index in [4.69, 9.17) is 11.6 Å². The summed E-state index contributed by atoms with van der Waals surface area (Å²) in [4.78, 5) is 15.8. The van der Waals surface area contributed by atoms with Crippen LogP contribution in [0.15, 0.2) is 98.2 Å². The van der Waals surface area contributed by atoms with Gasteiger partial charge in [0.05, 0.1) is 15.6 Å². The van der Waals surface area contributed by atoms with Crippen molar-refractivity contribution in [2.45, 2.75) is 4.90 Å². The van der Waals surface area contributed by atoms with Gasteiger partial charge in [-0.1, -0.05) is 60.1 Å². The second-order valence-electron chi connectivity index (χ2n) is 5.30. The maximum absolute atomic E-state index is 12.6. The van der Waals surface area contributed by atoms with Crippen LogP contribution in [0.2, 0.25) is 0 Å². The molecule has 1 aliphatic carbocycles. The molecule has 3 rings (SSSR count). The Morgan fingerprint density at radius 2 is 1.50 bits per heavy atom. The Kier molecular flexibility index (Phi) is 5.25. The van der Waals surface area contributed by atoms with Gasteiger partial charge in [-0.05, 0) is 30.4 Å². The molecule has 0 bridgehead atoms. The smallest absolute Gasteiger partial charge is 0.284 e. The first kappa shape index (κ1) is 18.0. The lowest BCUT2D eigenvalue weighted by atomic mass is 10.1. The molecule has 130 valence electrons. The Balaban J connectivity index is 2.11. The highest BCUT2D eigenvalue weighted by molar-refractivity contribution is 7.90. The fraction of sp³-hybridized carbons (Fsp3) is 0. The first-order valence-corrected chi connectivity index (χ1v) is 9.41. The van der Waals surface area contributed by atoms with Crippen molar-refractivity contribution in [1.82, 2.24) is 0 Å². The van der Waals surface area contributed by atoms with Gasteiger partial charge in [-0.2, -0.15) is 8.42 Å². The zero-order valence-electron chi connectivity index (χ0n) is 13.4. The molecule has 0 spiro atoms. The number of benzene rings is 2. The summed E-state index contributed by atoms with van der Waals surface area (Å²) in [5, 5.41) is 0.00424. The Bertz CT molecular complexity index is 1050. The molecule has 26 heavy (non-hydrogen) atoms. The summed E-state index contributed by atoms with van der Waals surface area (Å²) in [6, 6.07) is 16.6. The van der Waals surface area contributed by atoms with E-state index in [-0.39, 0.29) is 21.5 Å². The van der Waals surface area contributed by atoms with Gasteiger partial charge >= 0.3 is 0 Å². The van der Waals surface area contributed by atoms with Crippen LogP contribution in [0.25, 0.3) is 0 Å². The van der Waals surface area contributed by atoms with E-state index in [1.54, 1.807) is 48.5 Å². The molecular weight excluding hydrogens is 372 g/mol. The van der Waals surface area contributed by atoms with Gasteiger partial charge in [-0.15, -0.1) is 4.40 Å². The van der Waals surface area contributed by atoms with Crippen LogP contribution in [-0.4, -0.2) is 25.7 Å². The lowest BCUT2D eigenvalue weighted by molar-refractivity contribution is -0.110. The molecule has 0 fully saturated rings. The van der Waals surface area contributed by atoms with Crippen molar-refractivity contribution < 1.29 is 13.2 Å². The number of nitrogens with zero attached hydrogens (tertiary/aromatic N) is 2. The van der Waals surface area contributed by atoms with Crippen LogP contribution < -0.4 is 0 Å². The Labute approximate surface area is 156 Å². The predicted octanol–water partition coefficient (Wildman–Crippen LogP) is 3.52. The zero-order chi connectivity index (χ0) is 18.6. The minimum Gasteiger partial charge on any atom is -0.288 e. The van der Waals surface area contributed by atoms with Gasteiger partial charge in [-0.3, -0.25) is 4.79 Å². The number of carbonyl (C=O) groups excluding carboxylic acids is 1. The maximum Gasteiger partial charge on any atom is 0.284 e. The highest BCUT2D eigenvalue weighted by Gasteiger charge is 2.16. The van der Waals surface area contributed by atoms with Crippen molar-refractivity contribution in [3.8, 4) is 0 Å². The number of sulfonamides is 1. The number of halogens is 1. The van der Waals surface area contributed by atoms with Crippen LogP contribution in [0.5, 0.6) is 0 Å². The van der Waals surface area contributed by atoms with E-state index in [1.807, 2.05) is 0 Å². The number of ketones is 1. The molecule has 0 atom stereocenters. The molecule has 0 N–H and O–H groups in total. The third-order valence-electron chi connectivity index (χ3n) is 3.43. The van der Waals surface area contributed by atoms with Crippen LogP contribution in [0.4, 0.5) is 0 Å². The number of aliphatic imine (C=N–C) groups is 1. The summed E-state index contributed by atoms with van der Waals surface area (Å²) >= 11 is 5.84. The van der Waals surface area contributed by atoms with Crippen molar-refractivity contribution in [1.29, 1.82) is 0 Å². The van der Waals surface area contributed by atoms with E-state index in [0.29, 0.717) is 11.3 Å². The van der Waals surface area contributed by atoms with E-state index in [1.165, 1.54) is 30.4 Å². The zero-order valence-corrected chi connectivity index (χ0v) is 15.0. The predicted molar refractivity (Wildman–Crippen MR) is 102 cm³/mol. The van der Waals surface area contributed by atoms with E-state index < -0.39 is 10.0 Å². The van der Waals surface area contributed by atoms with Gasteiger partial charge in [0.15, 0.2) is 11.6 Å². The lowest BCUT2D eigenvalue weighted by Gasteiger charge is -2.06. The average Bonchev–Trinajstić information content (AvgIpc) is 2.65. The second-order valence-corrected chi connectivity index (χ2v) is 7.31. The van der Waals surface area contributed by atoms with Gasteiger partial charge in [0.1, 0.15) is 0 Å². The van der Waals surface area contributed by atoms with Crippen molar-refractivity contribution >= 4 is 39.0 Å². The van der Waals surface area contributed by atoms with Crippen molar-refractivity contribution in [2.24, 2.45) is 9.39 Å². The average molecular weight is 385 g/mol. The Morgan fingerprint density at radius 3 is 2.12 bits per heavy atom. The molecule has 0 saturated heterocycles. The molecule has 5 nitrogen and oxygen atoms in total. The summed E-state index contributed by atoms with van der Waals surface area (Å²) in [5.41, 5.74) is 0.856. The third-order valence-corrected chi connectivity index (χ3v) is 5.01. The largest absolute Gasteiger partial charge is 0.288 e. The summed E-state index contributed by atoms with van der Waals surface area (Å²) < 4.78 is 29.1. The number of hydrogen-bond acceptors (Lipinski definition) is 3. The molecule has 0 aromatic heterocycles. The third kappa shape index (κ3) is 4.22. The van der Waals surface area contributed by atoms with Gasteiger partial charge < -0.3 is 0 Å². The summed E-state index contributed by atoms with van der Waals surface area (Å²) in [6.45, 7) is 0. The van der Waals surface area contributed by atoms with Crippen LogP contribution in [0.1, 0.15) is 5.56 Å². The molecule has 7 heteroatoms. The van der Waals surface area contributed by atoms with Gasteiger partial charge in [0.2, 0.25) is 0 Å². The molecule has 2 aromatic rings. The lowest BCUT2D eigenvalue weighted by Crippen LogP contribution is -2.09. The van der Waals surface area contributed by atoms with Crippen molar-refractivity contribution in [2.75, 3.05) is 0 Å². The minimum absolute atomic E-state index is 0.00386. The molecular formula is C19H13ClN2O3S. The molecule has 0 unspecified atom stereocenters. The minimum atomic E-state index is -3.95. The fourth-order valence-corrected chi connectivity index (χ4v) is 3.32. The maximum atomic E-state index is 12.6. The van der Waals surface area contributed by atoms with Crippen molar-refractivity contribution in [3.05, 3.63) is 89.5 Å². The first-order chi connectivity index (χ1) is 12.5. The topological polar surface area (TPSA) is 75.9 Å². The molecule has 2 aromatic carbocycles. The van der Waals surface area contributed by atoms with E-state index in [0.717, 1.165) is 0 Å². The van der Waals surface area contributed by atoms with Gasteiger partial charge in [0, 0.05) is 5.56 Å². The number of hydrogen-bond donors (Lipinski definition) is 0. The van der Waals surface area contributed by atoms with E-state index in [9.17, 15) is 13.2 Å². The van der Waals surface area contributed by atoms with E-state index >= 15 is 0 Å². The summed E-state index contributed by atoms with van der Waals surface area (Å²) in [6.07, 6.45) is 4.11. The van der Waals surface area contributed by atoms with Crippen LogP contribution in [0.3, 0.4) is 0 Å². The van der Waals surface area contributed by atoms with Crippen LogP contribution in [0, 0.1) is 0 Å². The molecule has 0 aliphatic heterocycles. The van der Waals surface area contributed by atoms with Crippen LogP contribution in [-0.2, 0) is 14.8 Å². The number of carbonyl (C=O) groups is 1. The monoisotopic (exact) mass is 384 g/mol. The number of amidine groups is 1. The van der Waals surface area contributed by atoms with Crippen LogP contribution >= 0.6 is 11.6 Å². The first-order valence-electron chi connectivity index (χ1n) is 7.59. The Morgan fingerprint density at radius 1 is 0.885 bits per heavy atom. The molecule has 0 heterocycles. The molecule has 0 radical (unpaired) electrons. The van der Waals surface area contributed by atoms with Gasteiger partial charge in [-0.25, -0.2) is 4.99 Å². The molecule has 0 amide bonds. The number of allylic oxidation sites excluding steroid dienone is 4. The second kappa shape index (κ2) is 7.59. The van der Waals surface area contributed by atoms with E-state index in [2.05, 4.69) is 9.39 Å². The standard InChI is InChI=1S/C19H13ClN2O3S/c20-17-13-15(11-12-18(17)23)21-19(14-7-3-1-4-8-14)22-26(24,25)16-9-5-2-6-10-16/h1-13H/b21-15?,22-19-. The summed E-state index contributed by atoms with van der Waals surface area (Å²) in [5.74, 6) is -0.329. The SMILES string of the molecule is O=C1C=CC(=N/C(=N\S(=O)(=O)c2ccccc2)c2ccccc2)C=C1Cl. The quantitative estimate of drug-likeness (QED) is 0.461. The van der Waals surface area contributed by atoms with Gasteiger partial charge in [0.25, 0.3) is 10.0 Å². The highest BCUT2D eigenvalue weighted by atomic mass is 35.5. The highest BCUT2D eigenvalue weighted by Crippen LogP contribution is 2.16. The fourth-order valence-electron chi connectivity index (χ4n) is 2.17. The number of rotatable bonds is 3. The molecule has 1 aliphatic rings.